The number of aryl methyl sites for hydroxylation is 1. The first-order valence-electron chi connectivity index (χ1n) is 10.1. The zero-order valence-electron chi connectivity index (χ0n) is 17.3. The Morgan fingerprint density at radius 1 is 1.20 bits per heavy atom. The molecule has 1 unspecified atom stereocenters. The van der Waals surface area contributed by atoms with Crippen LogP contribution in [0.25, 0.3) is 16.6 Å². The zero-order chi connectivity index (χ0) is 21.3. The van der Waals surface area contributed by atoms with E-state index in [1.54, 1.807) is 30.6 Å². The van der Waals surface area contributed by atoms with E-state index in [4.69, 9.17) is 4.74 Å². The van der Waals surface area contributed by atoms with Crippen LogP contribution in [0.2, 0.25) is 0 Å². The van der Waals surface area contributed by atoms with Crippen LogP contribution in [-0.2, 0) is 10.0 Å². The van der Waals surface area contributed by atoms with Gasteiger partial charge in [0.2, 0.25) is 10.0 Å². The summed E-state index contributed by atoms with van der Waals surface area (Å²) in [6.45, 7) is 5.86. The van der Waals surface area contributed by atoms with Gasteiger partial charge in [-0.1, -0.05) is 6.08 Å². The maximum absolute atomic E-state index is 12.8. The van der Waals surface area contributed by atoms with Crippen LogP contribution in [0.5, 0.6) is 5.75 Å². The zero-order valence-corrected chi connectivity index (χ0v) is 18.2. The Labute approximate surface area is 176 Å². The third-order valence-electron chi connectivity index (χ3n) is 5.10. The molecule has 7 nitrogen and oxygen atoms in total. The number of sulfonamides is 1. The van der Waals surface area contributed by atoms with Gasteiger partial charge in [-0.2, -0.15) is 0 Å². The Hall–Kier alpha value is -2.71. The number of hydrogen-bond acceptors (Lipinski definition) is 5. The molecule has 0 fully saturated rings. The van der Waals surface area contributed by atoms with E-state index in [-0.39, 0.29) is 17.0 Å². The minimum Gasteiger partial charge on any atom is -0.491 e. The monoisotopic (exact) mass is 426 g/mol. The first-order chi connectivity index (χ1) is 14.3. The number of nitrogens with one attached hydrogen (secondary N) is 2. The van der Waals surface area contributed by atoms with Crippen molar-refractivity contribution in [3.05, 3.63) is 54.1 Å². The van der Waals surface area contributed by atoms with Gasteiger partial charge in [-0.25, -0.2) is 23.1 Å². The minimum absolute atomic E-state index is 0.0418. The van der Waals surface area contributed by atoms with Gasteiger partial charge in [-0.15, -0.1) is 0 Å². The van der Waals surface area contributed by atoms with E-state index in [1.165, 1.54) is 0 Å². The van der Waals surface area contributed by atoms with Gasteiger partial charge < -0.3 is 9.72 Å². The largest absolute Gasteiger partial charge is 0.491 e. The average molecular weight is 427 g/mol. The summed E-state index contributed by atoms with van der Waals surface area (Å²) in [4.78, 5) is 12.2. The topological polar surface area (TPSA) is 97.0 Å². The van der Waals surface area contributed by atoms with E-state index in [9.17, 15) is 8.42 Å². The molecule has 2 aromatic heterocycles. The summed E-state index contributed by atoms with van der Waals surface area (Å²) in [5, 5.41) is 1.00. The lowest BCUT2D eigenvalue weighted by molar-refractivity contribution is 0.242. The SMILES string of the molecule is Cc1cc2c(C3=CCC(NS(=O)(=O)c4ccc(OC(C)C)cc4)CC3)ncnc2[nH]1. The molecule has 1 atom stereocenters. The van der Waals surface area contributed by atoms with Gasteiger partial charge in [0.1, 0.15) is 17.7 Å². The van der Waals surface area contributed by atoms with Crippen molar-refractivity contribution >= 4 is 26.6 Å². The van der Waals surface area contributed by atoms with E-state index >= 15 is 0 Å². The lowest BCUT2D eigenvalue weighted by Crippen LogP contribution is -2.35. The maximum Gasteiger partial charge on any atom is 0.240 e. The van der Waals surface area contributed by atoms with E-state index in [0.29, 0.717) is 18.6 Å². The summed E-state index contributed by atoms with van der Waals surface area (Å²) in [5.74, 6) is 0.658. The molecule has 1 aliphatic carbocycles. The van der Waals surface area contributed by atoms with Crippen LogP contribution in [0.3, 0.4) is 0 Å². The highest BCUT2D eigenvalue weighted by molar-refractivity contribution is 7.89. The molecule has 1 aliphatic rings. The summed E-state index contributed by atoms with van der Waals surface area (Å²) in [6, 6.07) is 8.44. The summed E-state index contributed by atoms with van der Waals surface area (Å²) in [7, 11) is -3.58. The fraction of sp³-hybridized carbons (Fsp3) is 0.364. The number of aromatic amines is 1. The number of nitrogens with zero attached hydrogens (tertiary/aromatic N) is 2. The van der Waals surface area contributed by atoms with Crippen LogP contribution >= 0.6 is 0 Å². The highest BCUT2D eigenvalue weighted by Crippen LogP contribution is 2.30. The summed E-state index contributed by atoms with van der Waals surface area (Å²) < 4.78 is 33.9. The van der Waals surface area contributed by atoms with Crippen LogP contribution in [0.15, 0.2) is 47.6 Å². The van der Waals surface area contributed by atoms with Crippen LogP contribution in [0.1, 0.15) is 44.5 Å². The molecule has 1 aromatic carbocycles. The first-order valence-corrected chi connectivity index (χ1v) is 11.6. The highest BCUT2D eigenvalue weighted by atomic mass is 32.2. The lowest BCUT2D eigenvalue weighted by atomic mass is 9.93. The van der Waals surface area contributed by atoms with Crippen LogP contribution in [0.4, 0.5) is 0 Å². The van der Waals surface area contributed by atoms with E-state index in [0.717, 1.165) is 34.4 Å². The molecular formula is C22H26N4O3S. The van der Waals surface area contributed by atoms with Crippen molar-refractivity contribution in [1.82, 2.24) is 19.7 Å². The average Bonchev–Trinajstić information content (AvgIpc) is 3.08. The van der Waals surface area contributed by atoms with Crippen molar-refractivity contribution in [2.45, 2.75) is 57.1 Å². The molecule has 0 saturated heterocycles. The Bertz CT molecular complexity index is 1180. The number of aromatic nitrogens is 3. The van der Waals surface area contributed by atoms with Gasteiger partial charge in [0.15, 0.2) is 0 Å². The second-order valence-electron chi connectivity index (χ2n) is 7.90. The number of hydrogen-bond donors (Lipinski definition) is 2. The maximum atomic E-state index is 12.8. The Kier molecular flexibility index (Phi) is 5.62. The summed E-state index contributed by atoms with van der Waals surface area (Å²) in [5.41, 5.74) is 3.92. The summed E-state index contributed by atoms with van der Waals surface area (Å²) >= 11 is 0. The van der Waals surface area contributed by atoms with Crippen LogP contribution in [0, 0.1) is 6.92 Å². The van der Waals surface area contributed by atoms with E-state index < -0.39 is 10.0 Å². The van der Waals surface area contributed by atoms with Crippen molar-refractivity contribution < 1.29 is 13.2 Å². The molecule has 0 amide bonds. The van der Waals surface area contributed by atoms with Crippen molar-refractivity contribution in [3.63, 3.8) is 0 Å². The molecule has 30 heavy (non-hydrogen) atoms. The molecule has 0 saturated carbocycles. The van der Waals surface area contributed by atoms with Crippen LogP contribution < -0.4 is 9.46 Å². The highest BCUT2D eigenvalue weighted by Gasteiger charge is 2.23. The second kappa shape index (κ2) is 8.20. The van der Waals surface area contributed by atoms with Crippen molar-refractivity contribution in [1.29, 1.82) is 0 Å². The van der Waals surface area contributed by atoms with Gasteiger partial charge in [-0.3, -0.25) is 0 Å². The van der Waals surface area contributed by atoms with E-state index in [1.807, 2.05) is 26.8 Å². The smallest absolute Gasteiger partial charge is 0.240 e. The summed E-state index contributed by atoms with van der Waals surface area (Å²) in [6.07, 6.45) is 5.79. The molecule has 0 radical (unpaired) electrons. The van der Waals surface area contributed by atoms with Gasteiger partial charge in [0, 0.05) is 17.1 Å². The third-order valence-corrected chi connectivity index (χ3v) is 6.64. The molecule has 4 rings (SSSR count). The standard InChI is InChI=1S/C22H26N4O3S/c1-14(2)29-18-8-10-19(11-9-18)30(27,28)26-17-6-4-16(5-7-17)21-20-12-15(3)25-22(20)24-13-23-21/h4,8-14,17,26H,5-7H2,1-3H3,(H,23,24,25). The van der Waals surface area contributed by atoms with Gasteiger partial charge in [0.05, 0.1) is 16.7 Å². The van der Waals surface area contributed by atoms with Gasteiger partial charge in [0.25, 0.3) is 0 Å². The first kappa shape index (κ1) is 20.6. The predicted octanol–water partition coefficient (Wildman–Crippen LogP) is 3.97. The molecule has 3 aromatic rings. The second-order valence-corrected chi connectivity index (χ2v) is 9.61. The van der Waals surface area contributed by atoms with Gasteiger partial charge in [-0.05, 0) is 75.9 Å². The molecule has 0 bridgehead atoms. The Morgan fingerprint density at radius 2 is 1.97 bits per heavy atom. The fourth-order valence-electron chi connectivity index (χ4n) is 3.74. The number of fused-ring (bicyclic) bond motifs is 1. The number of benzene rings is 1. The predicted molar refractivity (Wildman–Crippen MR) is 117 cm³/mol. The van der Waals surface area contributed by atoms with E-state index in [2.05, 4.69) is 25.8 Å². The lowest BCUT2D eigenvalue weighted by Gasteiger charge is -2.23. The Balaban J connectivity index is 1.46. The molecule has 0 spiro atoms. The number of allylic oxidation sites excluding steroid dienone is 1. The quantitative estimate of drug-likeness (QED) is 0.622. The molecule has 8 heteroatoms. The number of H-pyrrole nitrogens is 1. The Morgan fingerprint density at radius 3 is 2.63 bits per heavy atom. The van der Waals surface area contributed by atoms with Crippen LogP contribution in [-0.4, -0.2) is 35.5 Å². The van der Waals surface area contributed by atoms with Crippen molar-refractivity contribution in [2.24, 2.45) is 0 Å². The normalized spacial score (nSPS) is 17.3. The molecular weight excluding hydrogens is 400 g/mol. The molecule has 2 heterocycles. The number of ether oxygens (including phenoxy) is 1. The third kappa shape index (κ3) is 4.39. The molecule has 158 valence electrons. The van der Waals surface area contributed by atoms with Crippen molar-refractivity contribution in [2.75, 3.05) is 0 Å². The molecule has 2 N–H and O–H groups in total. The van der Waals surface area contributed by atoms with Crippen molar-refractivity contribution in [3.8, 4) is 5.75 Å². The minimum atomic E-state index is -3.58. The van der Waals surface area contributed by atoms with Gasteiger partial charge >= 0.3 is 0 Å². The molecule has 0 aliphatic heterocycles. The fourth-order valence-corrected chi connectivity index (χ4v) is 5.02. The number of rotatable bonds is 6.